The van der Waals surface area contributed by atoms with Crippen LogP contribution < -0.4 is 16.2 Å². The van der Waals surface area contributed by atoms with Gasteiger partial charge in [-0.2, -0.15) is 4.98 Å². The first-order chi connectivity index (χ1) is 10.6. The molecule has 0 saturated heterocycles. The van der Waals surface area contributed by atoms with Crippen LogP contribution in [-0.2, 0) is 0 Å². The van der Waals surface area contributed by atoms with Crippen LogP contribution in [0.2, 0.25) is 0 Å². The van der Waals surface area contributed by atoms with Crippen LogP contribution in [0.15, 0.2) is 42.6 Å². The molecule has 0 aliphatic heterocycles. The van der Waals surface area contributed by atoms with E-state index in [1.807, 2.05) is 18.2 Å². The van der Waals surface area contributed by atoms with E-state index in [4.69, 9.17) is 16.2 Å². The van der Waals surface area contributed by atoms with Crippen LogP contribution in [0, 0.1) is 0 Å². The Hall–Kier alpha value is -2.82. The molecular weight excluding hydrogens is 276 g/mol. The fourth-order valence-corrected chi connectivity index (χ4v) is 2.71. The molecule has 22 heavy (non-hydrogen) atoms. The minimum Gasteiger partial charge on any atom is -0.497 e. The van der Waals surface area contributed by atoms with Crippen LogP contribution in [-0.4, -0.2) is 17.1 Å². The predicted molar refractivity (Wildman–Crippen MR) is 88.9 cm³/mol. The van der Waals surface area contributed by atoms with Gasteiger partial charge < -0.3 is 16.2 Å². The van der Waals surface area contributed by atoms with Crippen molar-refractivity contribution in [3.8, 4) is 5.75 Å². The molecule has 112 valence electrons. The molecule has 0 saturated carbocycles. The van der Waals surface area contributed by atoms with Crippen molar-refractivity contribution in [2.24, 2.45) is 0 Å². The third-order valence-corrected chi connectivity index (χ3v) is 3.92. The van der Waals surface area contributed by atoms with Gasteiger partial charge in [0.1, 0.15) is 11.6 Å². The quantitative estimate of drug-likeness (QED) is 0.775. The van der Waals surface area contributed by atoms with E-state index in [2.05, 4.69) is 35.1 Å². The smallest absolute Gasteiger partial charge is 0.221 e. The van der Waals surface area contributed by atoms with Crippen molar-refractivity contribution in [1.29, 1.82) is 0 Å². The molecule has 0 aliphatic carbocycles. The molecular formula is C17H18N4O. The van der Waals surface area contributed by atoms with E-state index in [1.165, 1.54) is 5.56 Å². The highest BCUT2D eigenvalue weighted by Crippen LogP contribution is 2.33. The monoisotopic (exact) mass is 294 g/mol. The number of anilines is 2. The lowest BCUT2D eigenvalue weighted by Crippen LogP contribution is -2.07. The molecule has 0 aliphatic rings. The molecule has 1 atom stereocenters. The fraction of sp³-hybridized carbons (Fsp3) is 0.176. The molecule has 1 aromatic heterocycles. The van der Waals surface area contributed by atoms with E-state index in [1.54, 1.807) is 13.3 Å². The Morgan fingerprint density at radius 3 is 2.64 bits per heavy atom. The number of fused-ring (bicyclic) bond motifs is 1. The minimum absolute atomic E-state index is 0.0673. The lowest BCUT2D eigenvalue weighted by Gasteiger charge is -2.16. The summed E-state index contributed by atoms with van der Waals surface area (Å²) in [6.45, 7) is 2.09. The second-order valence-electron chi connectivity index (χ2n) is 5.22. The summed E-state index contributed by atoms with van der Waals surface area (Å²) in [6, 6.07) is 12.2. The van der Waals surface area contributed by atoms with Gasteiger partial charge in [-0.25, -0.2) is 4.98 Å². The minimum atomic E-state index is 0.0673. The summed E-state index contributed by atoms with van der Waals surface area (Å²) < 4.78 is 5.29. The average Bonchev–Trinajstić information content (AvgIpc) is 2.53. The summed E-state index contributed by atoms with van der Waals surface area (Å²) in [5.74, 6) is 1.52. The maximum Gasteiger partial charge on any atom is 0.221 e. The molecule has 1 unspecified atom stereocenters. The zero-order valence-corrected chi connectivity index (χ0v) is 12.6. The van der Waals surface area contributed by atoms with Gasteiger partial charge in [0.2, 0.25) is 5.95 Å². The van der Waals surface area contributed by atoms with Crippen molar-refractivity contribution in [3.05, 3.63) is 53.7 Å². The summed E-state index contributed by atoms with van der Waals surface area (Å²) in [7, 11) is 1.67. The Morgan fingerprint density at radius 1 is 1.09 bits per heavy atom. The lowest BCUT2D eigenvalue weighted by molar-refractivity contribution is 0.415. The zero-order chi connectivity index (χ0) is 15.7. The van der Waals surface area contributed by atoms with Crippen molar-refractivity contribution < 1.29 is 4.74 Å². The van der Waals surface area contributed by atoms with Crippen LogP contribution in [0.1, 0.15) is 24.0 Å². The molecule has 4 N–H and O–H groups in total. The molecule has 0 amide bonds. The van der Waals surface area contributed by atoms with Crippen molar-refractivity contribution in [2.45, 2.75) is 12.8 Å². The lowest BCUT2D eigenvalue weighted by atomic mass is 9.90. The van der Waals surface area contributed by atoms with Crippen molar-refractivity contribution in [3.63, 3.8) is 0 Å². The third kappa shape index (κ3) is 2.41. The average molecular weight is 294 g/mol. The van der Waals surface area contributed by atoms with E-state index in [0.29, 0.717) is 5.82 Å². The zero-order valence-electron chi connectivity index (χ0n) is 12.6. The summed E-state index contributed by atoms with van der Waals surface area (Å²) in [4.78, 5) is 8.11. The van der Waals surface area contributed by atoms with Gasteiger partial charge in [-0.05, 0) is 28.5 Å². The van der Waals surface area contributed by atoms with Crippen molar-refractivity contribution in [1.82, 2.24) is 9.97 Å². The van der Waals surface area contributed by atoms with Crippen molar-refractivity contribution in [2.75, 3.05) is 18.6 Å². The molecule has 5 heteroatoms. The fourth-order valence-electron chi connectivity index (χ4n) is 2.71. The number of hydrogen-bond acceptors (Lipinski definition) is 5. The summed E-state index contributed by atoms with van der Waals surface area (Å²) in [5.41, 5.74) is 13.6. The van der Waals surface area contributed by atoms with Gasteiger partial charge in [0.25, 0.3) is 0 Å². The first kappa shape index (κ1) is 14.1. The van der Waals surface area contributed by atoms with Crippen molar-refractivity contribution >= 4 is 22.5 Å². The maximum atomic E-state index is 6.00. The van der Waals surface area contributed by atoms with E-state index in [0.717, 1.165) is 22.1 Å². The number of benzene rings is 2. The van der Waals surface area contributed by atoms with Crippen LogP contribution in [0.25, 0.3) is 10.8 Å². The molecule has 1 heterocycles. The van der Waals surface area contributed by atoms with Gasteiger partial charge in [-0.1, -0.05) is 31.2 Å². The number of hydrogen-bond donors (Lipinski definition) is 2. The van der Waals surface area contributed by atoms with Crippen LogP contribution in [0.3, 0.4) is 0 Å². The molecule has 0 spiro atoms. The molecule has 0 bridgehead atoms. The number of nitrogens with zero attached hydrogens (tertiary/aromatic N) is 2. The Labute approximate surface area is 128 Å². The standard InChI is InChI=1S/C17H18N4O/c1-10(15-9-20-17(19)21-16(15)18)13-5-3-4-11-8-12(22-2)6-7-14(11)13/h3-10H,1-2H3,(H4,18,19,20,21). The highest BCUT2D eigenvalue weighted by molar-refractivity contribution is 5.88. The SMILES string of the molecule is COc1ccc2c(C(C)c3cnc(N)nc3N)cccc2c1. The molecule has 5 nitrogen and oxygen atoms in total. The van der Waals surface area contributed by atoms with E-state index < -0.39 is 0 Å². The molecule has 3 aromatic rings. The number of nitrogens with two attached hydrogens (primary N) is 2. The normalized spacial score (nSPS) is 12.3. The van der Waals surface area contributed by atoms with Crippen LogP contribution in [0.4, 0.5) is 11.8 Å². The third-order valence-electron chi connectivity index (χ3n) is 3.92. The summed E-state index contributed by atoms with van der Waals surface area (Å²) in [5, 5.41) is 2.28. The second-order valence-corrected chi connectivity index (χ2v) is 5.22. The second kappa shape index (κ2) is 5.52. The van der Waals surface area contributed by atoms with E-state index in [-0.39, 0.29) is 11.9 Å². The maximum absolute atomic E-state index is 6.00. The van der Waals surface area contributed by atoms with Gasteiger partial charge in [0.05, 0.1) is 7.11 Å². The Kier molecular flexibility index (Phi) is 3.55. The van der Waals surface area contributed by atoms with E-state index >= 15 is 0 Å². The highest BCUT2D eigenvalue weighted by Gasteiger charge is 2.16. The molecule has 3 rings (SSSR count). The van der Waals surface area contributed by atoms with Gasteiger partial charge >= 0.3 is 0 Å². The first-order valence-corrected chi connectivity index (χ1v) is 7.04. The largest absolute Gasteiger partial charge is 0.497 e. The summed E-state index contributed by atoms with van der Waals surface area (Å²) >= 11 is 0. The van der Waals surface area contributed by atoms with E-state index in [9.17, 15) is 0 Å². The Bertz CT molecular complexity index is 832. The van der Waals surface area contributed by atoms with Gasteiger partial charge in [0, 0.05) is 17.7 Å². The Morgan fingerprint density at radius 2 is 1.91 bits per heavy atom. The number of rotatable bonds is 3. The topological polar surface area (TPSA) is 87.0 Å². The molecule has 0 radical (unpaired) electrons. The highest BCUT2D eigenvalue weighted by atomic mass is 16.5. The number of nitrogen functional groups attached to an aromatic ring is 2. The molecule has 2 aromatic carbocycles. The number of ether oxygens (including phenoxy) is 1. The van der Waals surface area contributed by atoms with Crippen LogP contribution in [0.5, 0.6) is 5.75 Å². The Balaban J connectivity index is 2.12. The predicted octanol–water partition coefficient (Wildman–Crippen LogP) is 2.95. The summed E-state index contributed by atoms with van der Waals surface area (Å²) in [6.07, 6.45) is 1.70. The van der Waals surface area contributed by atoms with Gasteiger partial charge in [-0.3, -0.25) is 0 Å². The van der Waals surface area contributed by atoms with Gasteiger partial charge in [-0.15, -0.1) is 0 Å². The number of methoxy groups -OCH3 is 1. The van der Waals surface area contributed by atoms with Crippen LogP contribution >= 0.6 is 0 Å². The molecule has 0 fully saturated rings. The van der Waals surface area contributed by atoms with Gasteiger partial charge in [0.15, 0.2) is 0 Å². The first-order valence-electron chi connectivity index (χ1n) is 7.04. The number of aromatic nitrogens is 2.